The third-order valence-corrected chi connectivity index (χ3v) is 3.74. The Balaban J connectivity index is 2.17. The van der Waals surface area contributed by atoms with Crippen molar-refractivity contribution in [3.8, 4) is 0 Å². The second-order valence-electron chi connectivity index (χ2n) is 5.02. The molecule has 0 spiro atoms. The van der Waals surface area contributed by atoms with Crippen molar-refractivity contribution in [3.63, 3.8) is 0 Å². The van der Waals surface area contributed by atoms with E-state index in [1.807, 2.05) is 0 Å². The molecule has 0 saturated heterocycles. The van der Waals surface area contributed by atoms with Crippen molar-refractivity contribution in [2.24, 2.45) is 5.92 Å². The first-order chi connectivity index (χ1) is 8.72. The molecule has 0 aromatic heterocycles. The molecule has 2 aromatic rings. The van der Waals surface area contributed by atoms with Crippen molar-refractivity contribution in [3.05, 3.63) is 48.0 Å². The second kappa shape index (κ2) is 6.21. The van der Waals surface area contributed by atoms with Gasteiger partial charge in [0.25, 0.3) is 0 Å². The fourth-order valence-corrected chi connectivity index (χ4v) is 2.62. The minimum atomic E-state index is 0.366. The van der Waals surface area contributed by atoms with Crippen molar-refractivity contribution in [2.45, 2.75) is 26.4 Å². The van der Waals surface area contributed by atoms with Gasteiger partial charge in [-0.2, -0.15) is 0 Å². The number of nitrogens with one attached hydrogen (secondary N) is 1. The fourth-order valence-electron chi connectivity index (χ4n) is 2.16. The number of benzene rings is 2. The van der Waals surface area contributed by atoms with E-state index in [9.17, 15) is 0 Å². The molecule has 0 aliphatic carbocycles. The Labute approximate surface area is 114 Å². The van der Waals surface area contributed by atoms with Gasteiger partial charge in [-0.25, -0.2) is 0 Å². The molecular formula is C16H20ClN. The number of fused-ring (bicyclic) bond motifs is 1. The molecule has 2 heteroatoms. The predicted molar refractivity (Wildman–Crippen MR) is 80.1 cm³/mol. The normalized spacial score (nSPS) is 13.1. The monoisotopic (exact) mass is 261 g/mol. The van der Waals surface area contributed by atoms with Crippen molar-refractivity contribution in [1.29, 1.82) is 0 Å². The Bertz CT molecular complexity index is 502. The molecule has 18 heavy (non-hydrogen) atoms. The summed E-state index contributed by atoms with van der Waals surface area (Å²) in [5.74, 6) is 1.21. The van der Waals surface area contributed by atoms with Crippen LogP contribution in [0.25, 0.3) is 10.8 Å². The van der Waals surface area contributed by atoms with Crippen LogP contribution in [0.5, 0.6) is 0 Å². The molecule has 0 aliphatic heterocycles. The van der Waals surface area contributed by atoms with Crippen LogP contribution in [0.2, 0.25) is 0 Å². The van der Waals surface area contributed by atoms with Crippen molar-refractivity contribution in [1.82, 2.24) is 5.32 Å². The van der Waals surface area contributed by atoms with Crippen LogP contribution in [-0.2, 0) is 6.54 Å². The largest absolute Gasteiger partial charge is 0.308 e. The molecule has 0 bridgehead atoms. The van der Waals surface area contributed by atoms with Gasteiger partial charge in [-0.15, -0.1) is 11.6 Å². The van der Waals surface area contributed by atoms with E-state index in [1.165, 1.54) is 16.3 Å². The zero-order valence-corrected chi connectivity index (χ0v) is 11.7. The number of halogens is 1. The maximum Gasteiger partial charge on any atom is 0.0380 e. The Morgan fingerprint density at radius 2 is 1.78 bits per heavy atom. The van der Waals surface area contributed by atoms with E-state index in [1.54, 1.807) is 0 Å². The summed E-state index contributed by atoms with van der Waals surface area (Å²) in [4.78, 5) is 0. The van der Waals surface area contributed by atoms with Crippen LogP contribution in [0.3, 0.4) is 0 Å². The predicted octanol–water partition coefficient (Wildman–Crippen LogP) is 4.19. The molecular weight excluding hydrogens is 242 g/mol. The molecule has 2 rings (SSSR count). The third kappa shape index (κ3) is 3.04. The minimum Gasteiger partial charge on any atom is -0.308 e. The average Bonchev–Trinajstić information content (AvgIpc) is 2.39. The van der Waals surface area contributed by atoms with Gasteiger partial charge in [0.15, 0.2) is 0 Å². The highest BCUT2D eigenvalue weighted by molar-refractivity contribution is 6.18. The van der Waals surface area contributed by atoms with Crippen molar-refractivity contribution >= 4 is 22.4 Å². The van der Waals surface area contributed by atoms with E-state index in [-0.39, 0.29) is 0 Å². The van der Waals surface area contributed by atoms with Crippen molar-refractivity contribution in [2.75, 3.05) is 5.88 Å². The van der Waals surface area contributed by atoms with Crippen LogP contribution in [-0.4, -0.2) is 11.9 Å². The Morgan fingerprint density at radius 1 is 1.06 bits per heavy atom. The summed E-state index contributed by atoms with van der Waals surface area (Å²) in [5, 5.41) is 6.16. The molecule has 0 saturated carbocycles. The van der Waals surface area contributed by atoms with Crippen LogP contribution >= 0.6 is 11.6 Å². The highest BCUT2D eigenvalue weighted by atomic mass is 35.5. The smallest absolute Gasteiger partial charge is 0.0380 e. The molecule has 96 valence electrons. The lowest BCUT2D eigenvalue weighted by molar-refractivity contribution is 0.431. The lowest BCUT2D eigenvalue weighted by atomic mass is 10.0. The van der Waals surface area contributed by atoms with E-state index >= 15 is 0 Å². The van der Waals surface area contributed by atoms with E-state index in [2.05, 4.69) is 61.6 Å². The summed E-state index contributed by atoms with van der Waals surface area (Å²) in [7, 11) is 0. The third-order valence-electron chi connectivity index (χ3n) is 3.41. The van der Waals surface area contributed by atoms with Gasteiger partial charge >= 0.3 is 0 Å². The van der Waals surface area contributed by atoms with Gasteiger partial charge in [0.2, 0.25) is 0 Å². The first kappa shape index (κ1) is 13.4. The number of hydrogen-bond acceptors (Lipinski definition) is 1. The maximum atomic E-state index is 5.98. The van der Waals surface area contributed by atoms with Crippen molar-refractivity contribution < 1.29 is 0 Å². The lowest BCUT2D eigenvalue weighted by Crippen LogP contribution is -2.34. The summed E-state index contributed by atoms with van der Waals surface area (Å²) in [5.41, 5.74) is 1.34. The molecule has 0 fully saturated rings. The van der Waals surface area contributed by atoms with E-state index in [4.69, 9.17) is 11.6 Å². The summed E-state index contributed by atoms with van der Waals surface area (Å²) >= 11 is 5.98. The van der Waals surface area contributed by atoms with E-state index in [0.717, 1.165) is 6.54 Å². The summed E-state index contributed by atoms with van der Waals surface area (Å²) in [6, 6.07) is 15.3. The maximum absolute atomic E-state index is 5.98. The summed E-state index contributed by atoms with van der Waals surface area (Å²) in [6.07, 6.45) is 0. The van der Waals surface area contributed by atoms with Gasteiger partial charge in [0.05, 0.1) is 0 Å². The first-order valence-electron chi connectivity index (χ1n) is 6.48. The molecule has 1 unspecified atom stereocenters. The Hall–Kier alpha value is -1.05. The number of alkyl halides is 1. The van der Waals surface area contributed by atoms with Gasteiger partial charge in [-0.1, -0.05) is 56.3 Å². The van der Waals surface area contributed by atoms with Gasteiger partial charge in [-0.05, 0) is 22.3 Å². The minimum absolute atomic E-state index is 0.366. The molecule has 0 amide bonds. The summed E-state index contributed by atoms with van der Waals surface area (Å²) < 4.78 is 0. The molecule has 0 heterocycles. The fraction of sp³-hybridized carbons (Fsp3) is 0.375. The molecule has 2 aromatic carbocycles. The molecule has 1 nitrogen and oxygen atoms in total. The first-order valence-corrected chi connectivity index (χ1v) is 7.02. The number of rotatable bonds is 5. The van der Waals surface area contributed by atoms with Crippen LogP contribution in [0.4, 0.5) is 0 Å². The quantitative estimate of drug-likeness (QED) is 0.796. The molecule has 1 atom stereocenters. The zero-order chi connectivity index (χ0) is 13.0. The molecule has 0 aliphatic rings. The van der Waals surface area contributed by atoms with Crippen LogP contribution in [0.15, 0.2) is 42.5 Å². The van der Waals surface area contributed by atoms with Crippen LogP contribution in [0, 0.1) is 5.92 Å². The Kier molecular flexibility index (Phi) is 4.62. The van der Waals surface area contributed by atoms with Gasteiger partial charge in [-0.3, -0.25) is 0 Å². The average molecular weight is 262 g/mol. The second-order valence-corrected chi connectivity index (χ2v) is 5.33. The number of hydrogen-bond donors (Lipinski definition) is 1. The molecule has 1 N–H and O–H groups in total. The highest BCUT2D eigenvalue weighted by Crippen LogP contribution is 2.18. The van der Waals surface area contributed by atoms with E-state index in [0.29, 0.717) is 17.8 Å². The topological polar surface area (TPSA) is 12.0 Å². The van der Waals surface area contributed by atoms with Crippen LogP contribution < -0.4 is 5.32 Å². The SMILES string of the molecule is CC(C)C(CCl)NCc1cccc2ccccc12. The van der Waals surface area contributed by atoms with Crippen LogP contribution in [0.1, 0.15) is 19.4 Å². The van der Waals surface area contributed by atoms with Gasteiger partial charge in [0.1, 0.15) is 0 Å². The van der Waals surface area contributed by atoms with Gasteiger partial charge < -0.3 is 5.32 Å². The van der Waals surface area contributed by atoms with E-state index < -0.39 is 0 Å². The zero-order valence-electron chi connectivity index (χ0n) is 11.0. The summed E-state index contributed by atoms with van der Waals surface area (Å²) in [6.45, 7) is 5.27. The molecule has 0 radical (unpaired) electrons. The lowest BCUT2D eigenvalue weighted by Gasteiger charge is -2.20. The Morgan fingerprint density at radius 3 is 2.50 bits per heavy atom. The highest BCUT2D eigenvalue weighted by Gasteiger charge is 2.11. The standard InChI is InChI=1S/C16H20ClN/c1-12(2)16(10-17)18-11-14-8-5-7-13-6-3-4-9-15(13)14/h3-9,12,16,18H,10-11H2,1-2H3. The van der Waals surface area contributed by atoms with Gasteiger partial charge in [0, 0.05) is 18.5 Å².